The molecule has 74 valence electrons. The Balaban J connectivity index is 4.74. The smallest absolute Gasteiger partial charge is 0.277 e. The highest BCUT2D eigenvalue weighted by Crippen LogP contribution is 1.90. The summed E-state index contributed by atoms with van der Waals surface area (Å²) in [6.07, 6.45) is 0. The lowest BCUT2D eigenvalue weighted by Gasteiger charge is -2.09. The molecule has 0 fully saturated rings. The lowest BCUT2D eigenvalue weighted by Crippen LogP contribution is -2.34. The first-order valence-electron chi connectivity index (χ1n) is 3.56. The van der Waals surface area contributed by atoms with Gasteiger partial charge in [-0.15, -0.1) is 0 Å². The third-order valence-corrected chi connectivity index (χ3v) is 1.28. The molecule has 0 spiro atoms. The van der Waals surface area contributed by atoms with Gasteiger partial charge in [-0.05, 0) is 6.92 Å². The molecule has 0 rings (SSSR count). The van der Waals surface area contributed by atoms with Crippen molar-refractivity contribution < 1.29 is 14.8 Å². The van der Waals surface area contributed by atoms with Gasteiger partial charge in [-0.25, -0.2) is 0 Å². The van der Waals surface area contributed by atoms with Gasteiger partial charge in [-0.2, -0.15) is 0 Å². The zero-order valence-electron chi connectivity index (χ0n) is 8.11. The van der Waals surface area contributed by atoms with E-state index in [1.54, 1.807) is 14.1 Å². The molecular formula is C7H13N3O3. The molecule has 6 nitrogen and oxygen atoms in total. The second kappa shape index (κ2) is 5.13. The Labute approximate surface area is 76.5 Å². The summed E-state index contributed by atoms with van der Waals surface area (Å²) >= 11 is 0. The molecule has 0 saturated carbocycles. The number of carbonyl (C=O) groups excluding carboxylic acids is 1. The molecule has 1 amide bonds. The zero-order chi connectivity index (χ0) is 10.4. The van der Waals surface area contributed by atoms with E-state index in [-0.39, 0.29) is 11.4 Å². The van der Waals surface area contributed by atoms with Crippen molar-refractivity contribution in [2.45, 2.75) is 6.92 Å². The molecule has 0 aromatic heterocycles. The van der Waals surface area contributed by atoms with Crippen molar-refractivity contribution in [3.63, 3.8) is 0 Å². The number of hydrogen-bond donors (Lipinski definition) is 1. The minimum absolute atomic E-state index is 0.133. The van der Waals surface area contributed by atoms with E-state index in [0.717, 1.165) is 0 Å². The van der Waals surface area contributed by atoms with E-state index < -0.39 is 5.91 Å². The third-order valence-electron chi connectivity index (χ3n) is 1.28. The maximum absolute atomic E-state index is 11.3. The van der Waals surface area contributed by atoms with Crippen LogP contribution in [0.2, 0.25) is 0 Å². The third kappa shape index (κ3) is 3.10. The fourth-order valence-electron chi connectivity index (χ4n) is 0.662. The molecule has 0 aromatic rings. The molecule has 0 saturated heterocycles. The van der Waals surface area contributed by atoms with Crippen LogP contribution in [0.25, 0.3) is 0 Å². The lowest BCUT2D eigenvalue weighted by atomic mass is 10.2. The Morgan fingerprint density at radius 3 is 2.31 bits per heavy atom. The van der Waals surface area contributed by atoms with Crippen molar-refractivity contribution in [1.29, 1.82) is 0 Å². The van der Waals surface area contributed by atoms with Gasteiger partial charge < -0.3 is 14.9 Å². The quantitative estimate of drug-likeness (QED) is 0.381. The van der Waals surface area contributed by atoms with E-state index >= 15 is 0 Å². The summed E-state index contributed by atoms with van der Waals surface area (Å²) in [4.78, 5) is 17.0. The first-order valence-corrected chi connectivity index (χ1v) is 3.56. The highest BCUT2D eigenvalue weighted by atomic mass is 16.6. The Morgan fingerprint density at radius 1 is 1.46 bits per heavy atom. The van der Waals surface area contributed by atoms with Crippen LogP contribution in [0.1, 0.15) is 6.92 Å². The van der Waals surface area contributed by atoms with E-state index in [0.29, 0.717) is 0 Å². The second-order valence-corrected chi connectivity index (χ2v) is 2.51. The van der Waals surface area contributed by atoms with E-state index in [1.165, 1.54) is 18.9 Å². The maximum atomic E-state index is 11.3. The predicted molar refractivity (Wildman–Crippen MR) is 48.0 cm³/mol. The summed E-state index contributed by atoms with van der Waals surface area (Å²) in [5.41, 5.74) is 0.0931. The van der Waals surface area contributed by atoms with Crippen LogP contribution in [0.15, 0.2) is 10.3 Å². The molecule has 1 N–H and O–H groups in total. The Hall–Kier alpha value is -1.59. The largest absolute Gasteiger partial charge is 0.410 e. The standard InChI is InChI=1S/C7H13N3O3/c1-5(9-13-4)6(8-12)7(11)10(2)3/h12H,1-4H3/b8-6-,9-5+. The minimum atomic E-state index is -0.430. The van der Waals surface area contributed by atoms with Crippen molar-refractivity contribution in [1.82, 2.24) is 4.90 Å². The molecule has 0 bridgehead atoms. The molecule has 0 aliphatic carbocycles. The number of nitrogens with zero attached hydrogens (tertiary/aromatic N) is 3. The van der Waals surface area contributed by atoms with Crippen LogP contribution in [0.5, 0.6) is 0 Å². The first kappa shape index (κ1) is 11.4. The average molecular weight is 187 g/mol. The number of oxime groups is 2. The van der Waals surface area contributed by atoms with Crippen LogP contribution in [0, 0.1) is 0 Å². The molecule has 6 heteroatoms. The highest BCUT2D eigenvalue weighted by molar-refractivity contribution is 6.66. The topological polar surface area (TPSA) is 74.5 Å². The van der Waals surface area contributed by atoms with E-state index in [4.69, 9.17) is 5.21 Å². The molecule has 0 aliphatic rings. The van der Waals surface area contributed by atoms with Crippen LogP contribution in [0.3, 0.4) is 0 Å². The predicted octanol–water partition coefficient (Wildman–Crippen LogP) is -0.0729. The second-order valence-electron chi connectivity index (χ2n) is 2.51. The molecule has 0 unspecified atom stereocenters. The van der Waals surface area contributed by atoms with E-state index in [9.17, 15) is 4.79 Å². The summed E-state index contributed by atoms with van der Waals surface area (Å²) in [6.45, 7) is 1.51. The molecule has 0 atom stereocenters. The monoisotopic (exact) mass is 187 g/mol. The summed E-state index contributed by atoms with van der Waals surface area (Å²) in [5, 5.41) is 14.9. The van der Waals surface area contributed by atoms with Crippen LogP contribution in [0.4, 0.5) is 0 Å². The maximum Gasteiger partial charge on any atom is 0.277 e. The van der Waals surface area contributed by atoms with E-state index in [1.807, 2.05) is 0 Å². The van der Waals surface area contributed by atoms with Crippen molar-refractivity contribution in [2.75, 3.05) is 21.2 Å². The Morgan fingerprint density at radius 2 is 2.00 bits per heavy atom. The first-order chi connectivity index (χ1) is 6.04. The molecule has 13 heavy (non-hydrogen) atoms. The summed E-state index contributed by atoms with van der Waals surface area (Å²) in [7, 11) is 4.44. The van der Waals surface area contributed by atoms with Gasteiger partial charge in [0.15, 0.2) is 5.71 Å². The number of carbonyl (C=O) groups is 1. The van der Waals surface area contributed by atoms with Crippen LogP contribution in [-0.2, 0) is 9.63 Å². The van der Waals surface area contributed by atoms with E-state index in [2.05, 4.69) is 15.1 Å². The summed E-state index contributed by atoms with van der Waals surface area (Å²) in [5.74, 6) is -0.430. The van der Waals surface area contributed by atoms with Gasteiger partial charge in [0.05, 0.1) is 0 Å². The van der Waals surface area contributed by atoms with Gasteiger partial charge in [0.1, 0.15) is 12.8 Å². The normalized spacial score (nSPS) is 12.6. The van der Waals surface area contributed by atoms with Gasteiger partial charge in [-0.1, -0.05) is 10.3 Å². The molecule has 0 heterocycles. The summed E-state index contributed by atoms with van der Waals surface area (Å²) in [6, 6.07) is 0. The van der Waals surface area contributed by atoms with Crippen LogP contribution < -0.4 is 0 Å². The number of amides is 1. The fraction of sp³-hybridized carbons (Fsp3) is 0.571. The summed E-state index contributed by atoms with van der Waals surface area (Å²) < 4.78 is 0. The molecular weight excluding hydrogens is 174 g/mol. The van der Waals surface area contributed by atoms with Gasteiger partial charge in [0.25, 0.3) is 5.91 Å². The van der Waals surface area contributed by atoms with Crippen molar-refractivity contribution in [2.24, 2.45) is 10.3 Å². The Bertz CT molecular complexity index is 245. The fourth-order valence-corrected chi connectivity index (χ4v) is 0.662. The SMILES string of the molecule is CO/N=C(C)/C(=N/O)C(=O)N(C)C. The van der Waals surface area contributed by atoms with Gasteiger partial charge in [0.2, 0.25) is 0 Å². The Kier molecular flexibility index (Phi) is 4.50. The van der Waals surface area contributed by atoms with Crippen LogP contribution in [-0.4, -0.2) is 48.6 Å². The minimum Gasteiger partial charge on any atom is -0.410 e. The van der Waals surface area contributed by atoms with Crippen LogP contribution >= 0.6 is 0 Å². The molecule has 0 aliphatic heterocycles. The van der Waals surface area contributed by atoms with Gasteiger partial charge in [-0.3, -0.25) is 4.79 Å². The molecule has 0 aromatic carbocycles. The number of hydrogen-bond acceptors (Lipinski definition) is 5. The molecule has 0 radical (unpaired) electrons. The lowest BCUT2D eigenvalue weighted by molar-refractivity contribution is -0.121. The van der Waals surface area contributed by atoms with Crippen molar-refractivity contribution in [3.05, 3.63) is 0 Å². The van der Waals surface area contributed by atoms with Crippen molar-refractivity contribution in [3.8, 4) is 0 Å². The number of rotatable bonds is 3. The zero-order valence-corrected chi connectivity index (χ0v) is 8.11. The van der Waals surface area contributed by atoms with Gasteiger partial charge >= 0.3 is 0 Å². The van der Waals surface area contributed by atoms with Crippen molar-refractivity contribution >= 4 is 17.3 Å². The highest BCUT2D eigenvalue weighted by Gasteiger charge is 2.17. The van der Waals surface area contributed by atoms with Gasteiger partial charge in [0, 0.05) is 14.1 Å². The average Bonchev–Trinajstić information content (AvgIpc) is 2.05.